The molecule has 0 aliphatic rings. The minimum absolute atomic E-state index is 0.889. The molecular weight excluding hydrogens is 486 g/mol. The molecule has 0 aliphatic heterocycles. The highest BCUT2D eigenvalue weighted by atomic mass is 14.8. The zero-order valence-corrected chi connectivity index (χ0v) is 21.5. The average molecular weight is 508 g/mol. The quantitative estimate of drug-likeness (QED) is 0.208. The summed E-state index contributed by atoms with van der Waals surface area (Å²) in [6.45, 7) is 0. The summed E-state index contributed by atoms with van der Waals surface area (Å²) < 4.78 is 0. The Bertz CT molecular complexity index is 2460. The molecule has 0 unspecified atom stereocenters. The fourth-order valence-electron chi connectivity index (χ4n) is 6.52. The van der Waals surface area contributed by atoms with Gasteiger partial charge < -0.3 is 0 Å². The highest BCUT2D eigenvalue weighted by Crippen LogP contribution is 2.40. The molecule has 3 heteroatoms. The lowest BCUT2D eigenvalue weighted by atomic mass is 9.92. The molecule has 0 N–H and O–H groups in total. The molecule has 9 rings (SSSR count). The fourth-order valence-corrected chi connectivity index (χ4v) is 6.52. The molecule has 0 saturated carbocycles. The molecular formula is C37H21N3. The van der Waals surface area contributed by atoms with E-state index in [1.807, 2.05) is 18.5 Å². The molecule has 0 aliphatic carbocycles. The molecule has 0 bridgehead atoms. The Kier molecular flexibility index (Phi) is 4.33. The molecule has 184 valence electrons. The fraction of sp³-hybridized carbons (Fsp3) is 0. The number of nitrogens with zero attached hydrogens (tertiary/aromatic N) is 3. The molecule has 0 amide bonds. The lowest BCUT2D eigenvalue weighted by molar-refractivity contribution is 1.36. The van der Waals surface area contributed by atoms with Crippen molar-refractivity contribution < 1.29 is 0 Å². The van der Waals surface area contributed by atoms with Gasteiger partial charge in [-0.25, -0.2) is 4.98 Å². The Morgan fingerprint density at radius 1 is 0.425 bits per heavy atom. The maximum absolute atomic E-state index is 5.27. The summed E-state index contributed by atoms with van der Waals surface area (Å²) in [5.74, 6) is 0. The van der Waals surface area contributed by atoms with E-state index in [0.29, 0.717) is 0 Å². The van der Waals surface area contributed by atoms with Crippen LogP contribution in [0.4, 0.5) is 0 Å². The van der Waals surface area contributed by atoms with Gasteiger partial charge in [-0.2, -0.15) is 0 Å². The largest absolute Gasteiger partial charge is 0.254 e. The number of benzene rings is 6. The summed E-state index contributed by atoms with van der Waals surface area (Å²) in [7, 11) is 0. The maximum atomic E-state index is 5.27. The van der Waals surface area contributed by atoms with Crippen molar-refractivity contribution in [2.45, 2.75) is 0 Å². The number of fused-ring (bicyclic) bond motifs is 13. The minimum Gasteiger partial charge on any atom is -0.254 e. The average Bonchev–Trinajstić information content (AvgIpc) is 3.04. The first kappa shape index (κ1) is 21.5. The molecule has 6 aromatic carbocycles. The van der Waals surface area contributed by atoms with Crippen molar-refractivity contribution in [3.05, 3.63) is 128 Å². The maximum Gasteiger partial charge on any atom is 0.0972 e. The zero-order valence-electron chi connectivity index (χ0n) is 21.5. The van der Waals surface area contributed by atoms with Crippen LogP contribution >= 0.6 is 0 Å². The van der Waals surface area contributed by atoms with Gasteiger partial charge >= 0.3 is 0 Å². The second kappa shape index (κ2) is 8.05. The number of hydrogen-bond donors (Lipinski definition) is 0. The molecule has 3 nitrogen and oxygen atoms in total. The molecule has 0 atom stereocenters. The van der Waals surface area contributed by atoms with Crippen LogP contribution in [0.1, 0.15) is 0 Å². The van der Waals surface area contributed by atoms with E-state index in [4.69, 9.17) is 9.97 Å². The normalized spacial score (nSPS) is 12.0. The van der Waals surface area contributed by atoms with Crippen molar-refractivity contribution in [2.75, 3.05) is 0 Å². The second-order valence-electron chi connectivity index (χ2n) is 10.4. The van der Waals surface area contributed by atoms with Gasteiger partial charge in [0.2, 0.25) is 0 Å². The smallest absolute Gasteiger partial charge is 0.0972 e. The van der Waals surface area contributed by atoms with E-state index in [0.717, 1.165) is 49.4 Å². The van der Waals surface area contributed by atoms with Gasteiger partial charge in [0.15, 0.2) is 0 Å². The molecule has 0 saturated heterocycles. The Labute approximate surface area is 229 Å². The standard InChI is InChI=1S/C37H21N3/c1-2-11-26-24(9-1)25-10-3-4-12-27(25)32-20-23(16-17-28(26)32)35-30-14-6-5-13-29(30)34-31-18-15-22-8-7-19-38-36(22)37(31)39-21-33(34)40-35/h1-21H. The predicted molar refractivity (Wildman–Crippen MR) is 168 cm³/mol. The molecule has 40 heavy (non-hydrogen) atoms. The molecule has 0 radical (unpaired) electrons. The van der Waals surface area contributed by atoms with Crippen LogP contribution in [0.2, 0.25) is 0 Å². The highest BCUT2D eigenvalue weighted by Gasteiger charge is 2.16. The Hall–Kier alpha value is -5.41. The Balaban J connectivity index is 1.39. The van der Waals surface area contributed by atoms with Gasteiger partial charge in [-0.15, -0.1) is 0 Å². The highest BCUT2D eigenvalue weighted by molar-refractivity contribution is 6.27. The predicted octanol–water partition coefficient (Wildman–Crippen LogP) is 9.61. The van der Waals surface area contributed by atoms with E-state index in [9.17, 15) is 0 Å². The first-order valence-corrected chi connectivity index (χ1v) is 13.5. The molecule has 0 fully saturated rings. The monoisotopic (exact) mass is 507 g/mol. The van der Waals surface area contributed by atoms with E-state index in [1.54, 1.807) is 0 Å². The van der Waals surface area contributed by atoms with Crippen molar-refractivity contribution in [3.8, 4) is 11.3 Å². The van der Waals surface area contributed by atoms with Gasteiger partial charge in [-0.05, 0) is 49.8 Å². The summed E-state index contributed by atoms with van der Waals surface area (Å²) in [6, 6.07) is 41.1. The van der Waals surface area contributed by atoms with Gasteiger partial charge in [0.1, 0.15) is 0 Å². The van der Waals surface area contributed by atoms with Gasteiger partial charge in [-0.3, -0.25) is 9.97 Å². The van der Waals surface area contributed by atoms with E-state index in [2.05, 4.69) is 114 Å². The summed E-state index contributed by atoms with van der Waals surface area (Å²) in [4.78, 5) is 14.8. The third-order valence-corrected chi connectivity index (χ3v) is 8.29. The van der Waals surface area contributed by atoms with E-state index in [-0.39, 0.29) is 0 Å². The lowest BCUT2D eigenvalue weighted by Gasteiger charge is -2.14. The van der Waals surface area contributed by atoms with Crippen molar-refractivity contribution in [2.24, 2.45) is 0 Å². The van der Waals surface area contributed by atoms with Crippen LogP contribution in [0.15, 0.2) is 128 Å². The van der Waals surface area contributed by atoms with Crippen molar-refractivity contribution in [1.82, 2.24) is 15.0 Å². The number of rotatable bonds is 1. The third kappa shape index (κ3) is 2.92. The summed E-state index contributed by atoms with van der Waals surface area (Å²) in [5.41, 5.74) is 4.80. The van der Waals surface area contributed by atoms with E-state index >= 15 is 0 Å². The van der Waals surface area contributed by atoms with E-state index in [1.165, 1.54) is 37.7 Å². The Morgan fingerprint density at radius 3 is 1.80 bits per heavy atom. The molecule has 9 aromatic rings. The number of hydrogen-bond acceptors (Lipinski definition) is 3. The van der Waals surface area contributed by atoms with Crippen molar-refractivity contribution in [1.29, 1.82) is 0 Å². The van der Waals surface area contributed by atoms with Gasteiger partial charge in [0.25, 0.3) is 0 Å². The lowest BCUT2D eigenvalue weighted by Crippen LogP contribution is -1.93. The molecule has 3 aromatic heterocycles. The van der Waals surface area contributed by atoms with Crippen LogP contribution in [-0.4, -0.2) is 15.0 Å². The van der Waals surface area contributed by atoms with Crippen LogP contribution in [0.25, 0.3) is 87.1 Å². The minimum atomic E-state index is 0.889. The zero-order chi connectivity index (χ0) is 26.2. The van der Waals surface area contributed by atoms with Gasteiger partial charge in [0, 0.05) is 33.3 Å². The number of aromatic nitrogens is 3. The Morgan fingerprint density at radius 2 is 1.05 bits per heavy atom. The van der Waals surface area contributed by atoms with Gasteiger partial charge in [-0.1, -0.05) is 103 Å². The van der Waals surface area contributed by atoms with Gasteiger partial charge in [0.05, 0.1) is 28.4 Å². The number of pyridine rings is 3. The van der Waals surface area contributed by atoms with Crippen LogP contribution < -0.4 is 0 Å². The van der Waals surface area contributed by atoms with Crippen LogP contribution in [0.3, 0.4) is 0 Å². The summed E-state index contributed by atoms with van der Waals surface area (Å²) in [6.07, 6.45) is 3.74. The summed E-state index contributed by atoms with van der Waals surface area (Å²) >= 11 is 0. The van der Waals surface area contributed by atoms with E-state index < -0.39 is 0 Å². The molecule has 0 spiro atoms. The molecule has 3 heterocycles. The summed E-state index contributed by atoms with van der Waals surface area (Å²) in [5, 5.41) is 13.2. The van der Waals surface area contributed by atoms with Crippen LogP contribution in [0, 0.1) is 0 Å². The second-order valence-corrected chi connectivity index (χ2v) is 10.4. The van der Waals surface area contributed by atoms with Crippen molar-refractivity contribution >= 4 is 75.8 Å². The first-order chi connectivity index (χ1) is 19.8. The third-order valence-electron chi connectivity index (χ3n) is 8.29. The first-order valence-electron chi connectivity index (χ1n) is 13.5. The SMILES string of the molecule is c1cnc2c(c1)ccc1c2ncc2nc(-c3ccc4c5ccccc5c5ccccc5c4c3)c3ccccc3c21. The topological polar surface area (TPSA) is 38.7 Å². The van der Waals surface area contributed by atoms with Crippen LogP contribution in [-0.2, 0) is 0 Å². The van der Waals surface area contributed by atoms with Crippen LogP contribution in [0.5, 0.6) is 0 Å². The van der Waals surface area contributed by atoms with Crippen molar-refractivity contribution in [3.63, 3.8) is 0 Å².